The van der Waals surface area contributed by atoms with Crippen LogP contribution in [-0.2, 0) is 0 Å². The summed E-state index contributed by atoms with van der Waals surface area (Å²) < 4.78 is 0. The monoisotopic (exact) mass is 152 g/mol. The fraction of sp³-hybridized carbons (Fsp3) is 0.222. The Morgan fingerprint density at radius 3 is 1.82 bits per heavy atom. The molecule has 0 fully saturated rings. The van der Waals surface area contributed by atoms with Crippen LogP contribution in [0.4, 0.5) is 0 Å². The van der Waals surface area contributed by atoms with Crippen LogP contribution in [0.5, 0.6) is 0 Å². The van der Waals surface area contributed by atoms with Gasteiger partial charge in [-0.1, -0.05) is 12.2 Å². The number of aromatic nitrogens is 2. The molecule has 0 atom stereocenters. The zero-order chi connectivity index (χ0) is 8.95. The van der Waals surface area contributed by atoms with Crippen LogP contribution in [0.2, 0.25) is 0 Å². The molecule has 1 heterocycles. The summed E-state index contributed by atoms with van der Waals surface area (Å²) in [5.41, 5.74) is 0. The molecule has 11 heavy (non-hydrogen) atoms. The van der Waals surface area contributed by atoms with Crippen LogP contribution in [0.25, 0.3) is 0 Å². The first-order chi connectivity index (χ1) is 5.33. The van der Waals surface area contributed by atoms with Crippen LogP contribution in [-0.4, -0.2) is 9.97 Å². The molecule has 0 unspecified atom stereocenters. The molecule has 1 aromatic heterocycles. The molecule has 1 aromatic rings. The second-order valence-corrected chi connectivity index (χ2v) is 1.58. The van der Waals surface area contributed by atoms with Crippen molar-refractivity contribution in [3.05, 3.63) is 44.0 Å². The second kappa shape index (κ2) is 15.9. The van der Waals surface area contributed by atoms with Gasteiger partial charge in [0.1, 0.15) is 0 Å². The zero-order valence-electron chi connectivity index (χ0n) is 7.25. The van der Waals surface area contributed by atoms with Crippen LogP contribution in [0, 0.1) is 0 Å². The summed E-state index contributed by atoms with van der Waals surface area (Å²) in [7, 11) is 0. The Kier molecular flexibility index (Phi) is 17.9. The van der Waals surface area contributed by atoms with Gasteiger partial charge in [-0.05, 0) is 13.8 Å². The van der Waals surface area contributed by atoms with E-state index in [-0.39, 0.29) is 0 Å². The number of allylic oxidation sites excluding steroid dienone is 2. The molecule has 0 saturated carbocycles. The summed E-state index contributed by atoms with van der Waals surface area (Å²) in [5, 5.41) is 0. The Bertz CT molecular complexity index is 119. The minimum Gasteiger partial charge on any atom is -0.351 e. The van der Waals surface area contributed by atoms with E-state index in [9.17, 15) is 0 Å². The normalized spacial score (nSPS) is 6.00. The molecule has 0 bridgehead atoms. The van der Waals surface area contributed by atoms with Gasteiger partial charge in [-0.25, -0.2) is 4.98 Å². The molecule has 2 nitrogen and oxygen atoms in total. The van der Waals surface area contributed by atoms with Gasteiger partial charge in [0.05, 0.1) is 6.33 Å². The van der Waals surface area contributed by atoms with Gasteiger partial charge in [0, 0.05) is 12.4 Å². The molecule has 1 N–H and O–H groups in total. The second-order valence-electron chi connectivity index (χ2n) is 1.58. The van der Waals surface area contributed by atoms with Crippen LogP contribution < -0.4 is 0 Å². The Morgan fingerprint density at radius 2 is 1.73 bits per heavy atom. The summed E-state index contributed by atoms with van der Waals surface area (Å²) >= 11 is 0. The van der Waals surface area contributed by atoms with E-state index in [1.165, 1.54) is 0 Å². The molecule has 0 spiro atoms. The molecule has 0 aliphatic heterocycles. The van der Waals surface area contributed by atoms with Crippen LogP contribution in [0.15, 0.2) is 44.0 Å². The van der Waals surface area contributed by atoms with Crippen molar-refractivity contribution in [2.75, 3.05) is 0 Å². The van der Waals surface area contributed by atoms with Crippen molar-refractivity contribution in [3.63, 3.8) is 0 Å². The summed E-state index contributed by atoms with van der Waals surface area (Å²) in [6.07, 6.45) is 8.58. The summed E-state index contributed by atoms with van der Waals surface area (Å²) in [5.74, 6) is 0. The van der Waals surface area contributed by atoms with Crippen molar-refractivity contribution in [1.82, 2.24) is 9.97 Å². The van der Waals surface area contributed by atoms with Gasteiger partial charge in [0.2, 0.25) is 0 Å². The first kappa shape index (κ1) is 12.4. The van der Waals surface area contributed by atoms with Crippen molar-refractivity contribution in [2.24, 2.45) is 0 Å². The first-order valence-corrected chi connectivity index (χ1v) is 3.40. The molecular weight excluding hydrogens is 136 g/mol. The lowest BCUT2D eigenvalue weighted by Crippen LogP contribution is -1.44. The molecule has 0 aliphatic carbocycles. The molecular formula is C9H16N2. The van der Waals surface area contributed by atoms with Gasteiger partial charge >= 0.3 is 0 Å². The summed E-state index contributed by atoms with van der Waals surface area (Å²) in [6, 6.07) is 0. The van der Waals surface area contributed by atoms with Gasteiger partial charge in [-0.3, -0.25) is 0 Å². The third-order valence-corrected chi connectivity index (χ3v) is 0.406. The average Bonchev–Trinajstić information content (AvgIpc) is 2.44. The minimum absolute atomic E-state index is 1.62. The third-order valence-electron chi connectivity index (χ3n) is 0.406. The van der Waals surface area contributed by atoms with Crippen molar-refractivity contribution < 1.29 is 0 Å². The van der Waals surface area contributed by atoms with E-state index >= 15 is 0 Å². The molecule has 0 aliphatic rings. The number of nitrogens with zero attached hydrogens (tertiary/aromatic N) is 1. The Balaban J connectivity index is 0. The lowest BCUT2D eigenvalue weighted by atomic mass is 10.8. The molecule has 0 aromatic carbocycles. The maximum absolute atomic E-state index is 3.67. The number of hydrogen-bond donors (Lipinski definition) is 1. The van der Waals surface area contributed by atoms with E-state index in [4.69, 9.17) is 0 Å². The fourth-order valence-corrected chi connectivity index (χ4v) is 0.215. The number of hydrogen-bond acceptors (Lipinski definition) is 1. The van der Waals surface area contributed by atoms with Gasteiger partial charge < -0.3 is 4.98 Å². The standard InChI is InChI=1S/C3H4N2.2C3H6/c1-2-5-3-4-1;2*1-3-2/h1-3H,(H,4,5);2*3H,1H2,2H3. The van der Waals surface area contributed by atoms with Crippen LogP contribution in [0.3, 0.4) is 0 Å². The predicted octanol–water partition coefficient (Wildman–Crippen LogP) is 2.79. The highest BCUT2D eigenvalue weighted by molar-refractivity contribution is 4.64. The SMILES string of the molecule is C=CC.C=CC.c1c[nH]cn1. The summed E-state index contributed by atoms with van der Waals surface area (Å²) in [6.45, 7) is 10.5. The van der Waals surface area contributed by atoms with Crippen LogP contribution >= 0.6 is 0 Å². The lowest BCUT2D eigenvalue weighted by molar-refractivity contribution is 1.31. The van der Waals surface area contributed by atoms with E-state index in [2.05, 4.69) is 23.1 Å². The molecule has 0 amide bonds. The predicted molar refractivity (Wildman–Crippen MR) is 50.3 cm³/mol. The van der Waals surface area contributed by atoms with Gasteiger partial charge in [0.15, 0.2) is 0 Å². The molecule has 1 rings (SSSR count). The fourth-order valence-electron chi connectivity index (χ4n) is 0.215. The third kappa shape index (κ3) is 28.6. The molecule has 2 heteroatoms. The van der Waals surface area contributed by atoms with Crippen molar-refractivity contribution in [1.29, 1.82) is 0 Å². The number of H-pyrrole nitrogens is 1. The van der Waals surface area contributed by atoms with Crippen molar-refractivity contribution in [3.8, 4) is 0 Å². The molecule has 62 valence electrons. The quantitative estimate of drug-likeness (QED) is 0.569. The van der Waals surface area contributed by atoms with E-state index in [0.29, 0.717) is 0 Å². The van der Waals surface area contributed by atoms with E-state index in [0.717, 1.165) is 0 Å². The number of rotatable bonds is 0. The highest BCUT2D eigenvalue weighted by Crippen LogP contribution is 1.62. The van der Waals surface area contributed by atoms with Crippen LogP contribution in [0.1, 0.15) is 13.8 Å². The zero-order valence-corrected chi connectivity index (χ0v) is 7.25. The van der Waals surface area contributed by atoms with E-state index < -0.39 is 0 Å². The smallest absolute Gasteiger partial charge is 0.0919 e. The molecule has 0 saturated heterocycles. The minimum atomic E-state index is 1.62. The Morgan fingerprint density at radius 1 is 1.27 bits per heavy atom. The largest absolute Gasteiger partial charge is 0.351 e. The Hall–Kier alpha value is -1.31. The first-order valence-electron chi connectivity index (χ1n) is 3.40. The van der Waals surface area contributed by atoms with Crippen molar-refractivity contribution in [2.45, 2.75) is 13.8 Å². The van der Waals surface area contributed by atoms with Gasteiger partial charge in [-0.15, -0.1) is 13.2 Å². The molecule has 0 radical (unpaired) electrons. The van der Waals surface area contributed by atoms with Gasteiger partial charge in [0.25, 0.3) is 0 Å². The highest BCUT2D eigenvalue weighted by Gasteiger charge is 1.56. The Labute approximate surface area is 68.7 Å². The summed E-state index contributed by atoms with van der Waals surface area (Å²) in [4.78, 5) is 6.42. The topological polar surface area (TPSA) is 28.7 Å². The maximum Gasteiger partial charge on any atom is 0.0919 e. The van der Waals surface area contributed by atoms with Gasteiger partial charge in [-0.2, -0.15) is 0 Å². The number of nitrogens with one attached hydrogen (secondary N) is 1. The highest BCUT2D eigenvalue weighted by atomic mass is 14.8. The number of imidazole rings is 1. The number of aromatic amines is 1. The van der Waals surface area contributed by atoms with Crippen molar-refractivity contribution >= 4 is 0 Å². The maximum atomic E-state index is 3.67. The average molecular weight is 152 g/mol. The van der Waals surface area contributed by atoms with E-state index in [1.54, 1.807) is 30.9 Å². The lowest BCUT2D eigenvalue weighted by Gasteiger charge is -1.46. The van der Waals surface area contributed by atoms with E-state index in [1.807, 2.05) is 13.8 Å².